The average molecular weight is 190 g/mol. The van der Waals surface area contributed by atoms with Crippen molar-refractivity contribution in [3.8, 4) is 0 Å². The number of rotatable bonds is 3. The minimum Gasteiger partial charge on any atom is -0.327 e. The fourth-order valence-corrected chi connectivity index (χ4v) is 2.06. The van der Waals surface area contributed by atoms with Crippen molar-refractivity contribution in [2.24, 2.45) is 5.73 Å². The summed E-state index contributed by atoms with van der Waals surface area (Å²) in [5.74, 6) is 0. The molecule has 3 heteroatoms. The van der Waals surface area contributed by atoms with E-state index in [1.165, 1.54) is 4.88 Å². The molecule has 0 aliphatic carbocycles. The molecular weight excluding hydrogens is 178 g/mol. The first-order valence-electron chi connectivity index (χ1n) is 3.71. The minimum atomic E-state index is 0.256. The third-order valence-corrected chi connectivity index (χ3v) is 3.07. The molecule has 0 radical (unpaired) electrons. The quantitative estimate of drug-likeness (QED) is 0.778. The van der Waals surface area contributed by atoms with Gasteiger partial charge < -0.3 is 5.73 Å². The SMILES string of the molecule is CCC(N)Cc1sccc1Cl. The lowest BCUT2D eigenvalue weighted by atomic mass is 10.1. The lowest BCUT2D eigenvalue weighted by molar-refractivity contribution is 0.652. The molecule has 1 unspecified atom stereocenters. The highest BCUT2D eigenvalue weighted by Gasteiger charge is 2.05. The molecule has 1 aromatic rings. The molecular formula is C8H12ClNS. The van der Waals surface area contributed by atoms with E-state index in [1.807, 2.05) is 11.4 Å². The molecule has 0 aliphatic heterocycles. The topological polar surface area (TPSA) is 26.0 Å². The van der Waals surface area contributed by atoms with Crippen molar-refractivity contribution < 1.29 is 0 Å². The van der Waals surface area contributed by atoms with Gasteiger partial charge in [-0.1, -0.05) is 18.5 Å². The van der Waals surface area contributed by atoms with Crippen LogP contribution < -0.4 is 5.73 Å². The molecule has 0 amide bonds. The number of hydrogen-bond donors (Lipinski definition) is 1. The van der Waals surface area contributed by atoms with E-state index in [-0.39, 0.29) is 6.04 Å². The number of thiophene rings is 1. The molecule has 11 heavy (non-hydrogen) atoms. The number of halogens is 1. The second-order valence-corrected chi connectivity index (χ2v) is 3.97. The van der Waals surface area contributed by atoms with Crippen molar-refractivity contribution in [1.29, 1.82) is 0 Å². The largest absolute Gasteiger partial charge is 0.327 e. The second kappa shape index (κ2) is 4.10. The first kappa shape index (κ1) is 9.04. The first-order valence-corrected chi connectivity index (χ1v) is 4.97. The summed E-state index contributed by atoms with van der Waals surface area (Å²) in [4.78, 5) is 1.21. The molecule has 0 aromatic carbocycles. The summed E-state index contributed by atoms with van der Waals surface area (Å²) in [5.41, 5.74) is 5.78. The molecule has 0 fully saturated rings. The molecule has 1 rings (SSSR count). The van der Waals surface area contributed by atoms with Crippen LogP contribution in [0.5, 0.6) is 0 Å². The Morgan fingerprint density at radius 1 is 1.73 bits per heavy atom. The highest BCUT2D eigenvalue weighted by molar-refractivity contribution is 7.10. The Labute approximate surface area is 76.2 Å². The summed E-state index contributed by atoms with van der Waals surface area (Å²) in [6.45, 7) is 2.09. The van der Waals surface area contributed by atoms with Crippen LogP contribution in [0, 0.1) is 0 Å². The van der Waals surface area contributed by atoms with Gasteiger partial charge in [-0.15, -0.1) is 11.3 Å². The number of nitrogens with two attached hydrogens (primary N) is 1. The highest BCUT2D eigenvalue weighted by atomic mass is 35.5. The van der Waals surface area contributed by atoms with Gasteiger partial charge in [0.15, 0.2) is 0 Å². The molecule has 0 spiro atoms. The van der Waals surface area contributed by atoms with E-state index in [2.05, 4.69) is 6.92 Å². The van der Waals surface area contributed by atoms with Gasteiger partial charge in [0.25, 0.3) is 0 Å². The summed E-state index contributed by atoms with van der Waals surface area (Å²) in [6.07, 6.45) is 1.92. The Morgan fingerprint density at radius 3 is 2.91 bits per heavy atom. The molecule has 1 heterocycles. The van der Waals surface area contributed by atoms with Crippen LogP contribution in [0.2, 0.25) is 5.02 Å². The van der Waals surface area contributed by atoms with E-state index in [1.54, 1.807) is 11.3 Å². The maximum absolute atomic E-state index is 5.90. The smallest absolute Gasteiger partial charge is 0.0545 e. The zero-order valence-corrected chi connectivity index (χ0v) is 8.08. The maximum atomic E-state index is 5.90. The van der Waals surface area contributed by atoms with E-state index in [0.29, 0.717) is 0 Å². The van der Waals surface area contributed by atoms with Gasteiger partial charge >= 0.3 is 0 Å². The van der Waals surface area contributed by atoms with Crippen LogP contribution in [0.15, 0.2) is 11.4 Å². The van der Waals surface area contributed by atoms with E-state index < -0.39 is 0 Å². The fraction of sp³-hybridized carbons (Fsp3) is 0.500. The Bertz CT molecular complexity index is 222. The van der Waals surface area contributed by atoms with Crippen LogP contribution >= 0.6 is 22.9 Å². The van der Waals surface area contributed by atoms with Crippen LogP contribution in [-0.2, 0) is 6.42 Å². The Morgan fingerprint density at radius 2 is 2.45 bits per heavy atom. The zero-order chi connectivity index (χ0) is 8.27. The molecule has 2 N–H and O–H groups in total. The second-order valence-electron chi connectivity index (χ2n) is 2.56. The number of hydrogen-bond acceptors (Lipinski definition) is 2. The molecule has 0 bridgehead atoms. The van der Waals surface area contributed by atoms with Gasteiger partial charge in [0.2, 0.25) is 0 Å². The summed E-state index contributed by atoms with van der Waals surface area (Å²) in [5, 5.41) is 2.86. The van der Waals surface area contributed by atoms with E-state index in [4.69, 9.17) is 17.3 Å². The van der Waals surface area contributed by atoms with Crippen LogP contribution in [0.3, 0.4) is 0 Å². The highest BCUT2D eigenvalue weighted by Crippen LogP contribution is 2.23. The lowest BCUT2D eigenvalue weighted by Crippen LogP contribution is -2.20. The van der Waals surface area contributed by atoms with Gasteiger partial charge in [-0.25, -0.2) is 0 Å². The van der Waals surface area contributed by atoms with Crippen molar-refractivity contribution in [3.05, 3.63) is 21.3 Å². The van der Waals surface area contributed by atoms with Gasteiger partial charge in [0, 0.05) is 10.9 Å². The van der Waals surface area contributed by atoms with Gasteiger partial charge in [-0.2, -0.15) is 0 Å². The molecule has 0 saturated carbocycles. The predicted molar refractivity (Wildman–Crippen MR) is 51.3 cm³/mol. The molecule has 1 atom stereocenters. The van der Waals surface area contributed by atoms with Crippen LogP contribution in [0.1, 0.15) is 18.2 Å². The Balaban J connectivity index is 2.56. The third kappa shape index (κ3) is 2.47. The van der Waals surface area contributed by atoms with Gasteiger partial charge in [0.05, 0.1) is 5.02 Å². The predicted octanol–water partition coefficient (Wildman–Crippen LogP) is 2.68. The van der Waals surface area contributed by atoms with Crippen LogP contribution in [0.25, 0.3) is 0 Å². The van der Waals surface area contributed by atoms with E-state index in [0.717, 1.165) is 17.9 Å². The molecule has 1 aromatic heterocycles. The lowest BCUT2D eigenvalue weighted by Gasteiger charge is -2.05. The van der Waals surface area contributed by atoms with Gasteiger partial charge in [-0.05, 0) is 24.3 Å². The van der Waals surface area contributed by atoms with Crippen molar-refractivity contribution >= 4 is 22.9 Å². The van der Waals surface area contributed by atoms with E-state index in [9.17, 15) is 0 Å². The maximum Gasteiger partial charge on any atom is 0.0545 e. The van der Waals surface area contributed by atoms with Crippen LogP contribution in [-0.4, -0.2) is 6.04 Å². The standard InChI is InChI=1S/C8H12ClNS/c1-2-6(10)5-8-7(9)3-4-11-8/h3-4,6H,2,5,10H2,1H3. The Hall–Kier alpha value is -0.0500. The van der Waals surface area contributed by atoms with Crippen molar-refractivity contribution in [1.82, 2.24) is 0 Å². The van der Waals surface area contributed by atoms with E-state index >= 15 is 0 Å². The summed E-state index contributed by atoms with van der Waals surface area (Å²) in [7, 11) is 0. The molecule has 62 valence electrons. The van der Waals surface area contributed by atoms with Crippen molar-refractivity contribution in [2.75, 3.05) is 0 Å². The molecule has 0 aliphatic rings. The molecule has 0 saturated heterocycles. The van der Waals surface area contributed by atoms with Crippen molar-refractivity contribution in [3.63, 3.8) is 0 Å². The summed E-state index contributed by atoms with van der Waals surface area (Å²) < 4.78 is 0. The third-order valence-electron chi connectivity index (χ3n) is 1.66. The van der Waals surface area contributed by atoms with Crippen molar-refractivity contribution in [2.45, 2.75) is 25.8 Å². The monoisotopic (exact) mass is 189 g/mol. The fourth-order valence-electron chi connectivity index (χ4n) is 0.853. The van der Waals surface area contributed by atoms with Gasteiger partial charge in [-0.3, -0.25) is 0 Å². The summed E-state index contributed by atoms with van der Waals surface area (Å²) in [6, 6.07) is 2.18. The first-order chi connectivity index (χ1) is 5.24. The minimum absolute atomic E-state index is 0.256. The van der Waals surface area contributed by atoms with Crippen LogP contribution in [0.4, 0.5) is 0 Å². The normalized spacial score (nSPS) is 13.4. The average Bonchev–Trinajstić information content (AvgIpc) is 2.37. The van der Waals surface area contributed by atoms with Gasteiger partial charge in [0.1, 0.15) is 0 Å². The molecule has 1 nitrogen and oxygen atoms in total. The summed E-state index contributed by atoms with van der Waals surface area (Å²) >= 11 is 7.58. The Kier molecular flexibility index (Phi) is 3.37. The zero-order valence-electron chi connectivity index (χ0n) is 6.51.